The van der Waals surface area contributed by atoms with Gasteiger partial charge in [-0.05, 0) is 73.6 Å². The molecular weight excluding hydrogens is 336 g/mol. The molecule has 0 saturated carbocycles. The van der Waals surface area contributed by atoms with Crippen molar-refractivity contribution in [1.82, 2.24) is 10.6 Å². The topological polar surface area (TPSA) is 50.4 Å². The van der Waals surface area contributed by atoms with Crippen LogP contribution in [0.1, 0.15) is 103 Å². The monoisotopic (exact) mass is 384 g/mol. The average Bonchev–Trinajstić information content (AvgIpc) is 2.32. The second-order valence-corrected chi connectivity index (χ2v) is 12.0. The van der Waals surface area contributed by atoms with E-state index in [-0.39, 0.29) is 34.0 Å². The second-order valence-electron chi connectivity index (χ2n) is 12.0. The number of hydrogen-bond donors (Lipinski definition) is 2. The minimum Gasteiger partial charge on any atom is -0.379 e. The van der Waals surface area contributed by atoms with E-state index in [2.05, 4.69) is 72.9 Å². The van der Waals surface area contributed by atoms with Crippen LogP contribution in [-0.2, 0) is 9.53 Å². The standard InChI is InChI=1S/C23H48N2O2/c1-17(2)27-15-14-21(8,9)24-18(26)20(6,7)16-22(10,11)25-23(12,13)19(3,4)5/h17,25H,14-16H2,1-13H3,(H,24,26). The summed E-state index contributed by atoms with van der Waals surface area (Å²) in [6.45, 7) is 28.5. The Morgan fingerprint density at radius 1 is 0.852 bits per heavy atom. The molecule has 0 aliphatic heterocycles. The van der Waals surface area contributed by atoms with Gasteiger partial charge in [0.05, 0.1) is 6.10 Å². The molecule has 4 heteroatoms. The van der Waals surface area contributed by atoms with Crippen molar-refractivity contribution in [3.8, 4) is 0 Å². The smallest absolute Gasteiger partial charge is 0.226 e. The fourth-order valence-electron chi connectivity index (χ4n) is 3.35. The maximum atomic E-state index is 13.0. The highest BCUT2D eigenvalue weighted by atomic mass is 16.5. The van der Waals surface area contributed by atoms with Crippen LogP contribution in [0.15, 0.2) is 0 Å². The molecule has 0 heterocycles. The van der Waals surface area contributed by atoms with Crippen LogP contribution in [0.5, 0.6) is 0 Å². The van der Waals surface area contributed by atoms with Crippen molar-refractivity contribution in [2.24, 2.45) is 10.8 Å². The third kappa shape index (κ3) is 9.43. The van der Waals surface area contributed by atoms with Crippen LogP contribution in [0.25, 0.3) is 0 Å². The Hall–Kier alpha value is -0.610. The number of ether oxygens (including phenoxy) is 1. The normalized spacial score (nSPS) is 14.6. The summed E-state index contributed by atoms with van der Waals surface area (Å²) in [6, 6.07) is 0. The molecule has 162 valence electrons. The first-order valence-electron chi connectivity index (χ1n) is 10.4. The lowest BCUT2D eigenvalue weighted by Crippen LogP contribution is -2.60. The highest BCUT2D eigenvalue weighted by Gasteiger charge is 2.41. The third-order valence-corrected chi connectivity index (χ3v) is 5.65. The molecule has 0 unspecified atom stereocenters. The van der Waals surface area contributed by atoms with E-state index in [0.717, 1.165) is 12.8 Å². The highest BCUT2D eigenvalue weighted by molar-refractivity contribution is 5.82. The summed E-state index contributed by atoms with van der Waals surface area (Å²) in [5, 5.41) is 7.03. The molecule has 2 N–H and O–H groups in total. The second kappa shape index (κ2) is 8.82. The fraction of sp³-hybridized carbons (Fsp3) is 0.957. The molecular formula is C23H48N2O2. The molecule has 0 fully saturated rings. The number of carbonyl (C=O) groups is 1. The van der Waals surface area contributed by atoms with Gasteiger partial charge in [-0.25, -0.2) is 0 Å². The van der Waals surface area contributed by atoms with E-state index < -0.39 is 5.41 Å². The summed E-state index contributed by atoms with van der Waals surface area (Å²) >= 11 is 0. The van der Waals surface area contributed by atoms with Crippen molar-refractivity contribution in [3.63, 3.8) is 0 Å². The van der Waals surface area contributed by atoms with Crippen molar-refractivity contribution < 1.29 is 9.53 Å². The van der Waals surface area contributed by atoms with Gasteiger partial charge >= 0.3 is 0 Å². The Bertz CT molecular complexity index is 483. The zero-order chi connectivity index (χ0) is 21.9. The van der Waals surface area contributed by atoms with E-state index in [9.17, 15) is 4.79 Å². The maximum Gasteiger partial charge on any atom is 0.226 e. The maximum absolute atomic E-state index is 13.0. The van der Waals surface area contributed by atoms with Crippen LogP contribution < -0.4 is 10.6 Å². The molecule has 0 aliphatic carbocycles. The van der Waals surface area contributed by atoms with Gasteiger partial charge in [0, 0.05) is 28.6 Å². The predicted octanol–water partition coefficient (Wildman–Crippen LogP) is 5.31. The average molecular weight is 385 g/mol. The van der Waals surface area contributed by atoms with Gasteiger partial charge < -0.3 is 15.4 Å². The molecule has 27 heavy (non-hydrogen) atoms. The summed E-state index contributed by atoms with van der Waals surface area (Å²) in [6.07, 6.45) is 1.77. The van der Waals surface area contributed by atoms with Gasteiger partial charge in [0.15, 0.2) is 0 Å². The molecule has 1 amide bonds. The first-order valence-corrected chi connectivity index (χ1v) is 10.4. The zero-order valence-corrected chi connectivity index (χ0v) is 20.5. The number of hydrogen-bond acceptors (Lipinski definition) is 3. The lowest BCUT2D eigenvalue weighted by molar-refractivity contribution is -0.132. The predicted molar refractivity (Wildman–Crippen MR) is 117 cm³/mol. The quantitative estimate of drug-likeness (QED) is 0.537. The van der Waals surface area contributed by atoms with Gasteiger partial charge in [-0.15, -0.1) is 0 Å². The van der Waals surface area contributed by atoms with Crippen molar-refractivity contribution in [2.75, 3.05) is 6.61 Å². The molecule has 0 rings (SSSR count). The molecule has 0 aromatic rings. The Kier molecular flexibility index (Phi) is 8.62. The summed E-state index contributed by atoms with van der Waals surface area (Å²) in [5.41, 5.74) is -0.847. The fourth-order valence-corrected chi connectivity index (χ4v) is 3.35. The Morgan fingerprint density at radius 3 is 1.74 bits per heavy atom. The number of amides is 1. The molecule has 0 spiro atoms. The lowest BCUT2D eigenvalue weighted by atomic mass is 9.72. The minimum absolute atomic E-state index is 0.0451. The molecule has 0 aromatic heterocycles. The molecule has 0 saturated heterocycles. The number of carbonyl (C=O) groups excluding carboxylic acids is 1. The summed E-state index contributed by atoms with van der Waals surface area (Å²) in [7, 11) is 0. The van der Waals surface area contributed by atoms with Crippen LogP contribution >= 0.6 is 0 Å². The molecule has 4 nitrogen and oxygen atoms in total. The van der Waals surface area contributed by atoms with Crippen LogP contribution in [0.3, 0.4) is 0 Å². The van der Waals surface area contributed by atoms with Gasteiger partial charge in [-0.2, -0.15) is 0 Å². The van der Waals surface area contributed by atoms with E-state index in [1.165, 1.54) is 0 Å². The van der Waals surface area contributed by atoms with Gasteiger partial charge in [-0.1, -0.05) is 34.6 Å². The Morgan fingerprint density at radius 2 is 1.33 bits per heavy atom. The van der Waals surface area contributed by atoms with Crippen molar-refractivity contribution in [2.45, 2.75) is 126 Å². The van der Waals surface area contributed by atoms with E-state index in [0.29, 0.717) is 6.61 Å². The van der Waals surface area contributed by atoms with E-state index in [1.54, 1.807) is 0 Å². The van der Waals surface area contributed by atoms with Crippen LogP contribution in [-0.4, -0.2) is 35.2 Å². The van der Waals surface area contributed by atoms with Gasteiger partial charge in [0.25, 0.3) is 0 Å². The van der Waals surface area contributed by atoms with Gasteiger partial charge in [-0.3, -0.25) is 4.79 Å². The first kappa shape index (κ1) is 26.4. The van der Waals surface area contributed by atoms with E-state index >= 15 is 0 Å². The summed E-state index contributed by atoms with van der Waals surface area (Å²) < 4.78 is 5.65. The first-order chi connectivity index (χ1) is 11.7. The van der Waals surface area contributed by atoms with Crippen LogP contribution in [0.2, 0.25) is 0 Å². The molecule has 0 atom stereocenters. The highest BCUT2D eigenvalue weighted by Crippen LogP contribution is 2.35. The third-order valence-electron chi connectivity index (χ3n) is 5.65. The van der Waals surface area contributed by atoms with Crippen molar-refractivity contribution >= 4 is 5.91 Å². The number of nitrogens with one attached hydrogen (secondary N) is 2. The molecule has 0 aliphatic rings. The molecule has 0 bridgehead atoms. The van der Waals surface area contributed by atoms with Gasteiger partial charge in [0.1, 0.15) is 0 Å². The van der Waals surface area contributed by atoms with E-state index in [4.69, 9.17) is 4.74 Å². The summed E-state index contributed by atoms with van der Waals surface area (Å²) in [4.78, 5) is 13.0. The zero-order valence-electron chi connectivity index (χ0n) is 20.5. The SMILES string of the molecule is CC(C)OCCC(C)(C)NC(=O)C(C)(C)CC(C)(C)NC(C)(C)C(C)(C)C. The largest absolute Gasteiger partial charge is 0.379 e. The Balaban J connectivity index is 5.00. The van der Waals surface area contributed by atoms with Crippen molar-refractivity contribution in [3.05, 3.63) is 0 Å². The van der Waals surface area contributed by atoms with Gasteiger partial charge in [0.2, 0.25) is 5.91 Å². The van der Waals surface area contributed by atoms with Crippen molar-refractivity contribution in [1.29, 1.82) is 0 Å². The minimum atomic E-state index is -0.472. The van der Waals surface area contributed by atoms with Crippen LogP contribution in [0.4, 0.5) is 0 Å². The molecule has 0 radical (unpaired) electrons. The molecule has 0 aromatic carbocycles. The van der Waals surface area contributed by atoms with Crippen LogP contribution in [0, 0.1) is 10.8 Å². The summed E-state index contributed by atoms with van der Waals surface area (Å²) in [5.74, 6) is 0.0977. The van der Waals surface area contributed by atoms with E-state index in [1.807, 2.05) is 27.7 Å². The Labute approximate surface area is 169 Å². The number of rotatable bonds is 10. The lowest BCUT2D eigenvalue weighted by Gasteiger charge is -2.47.